The average Bonchev–Trinajstić information content (AvgIpc) is 3.36. The molecule has 3 heterocycles. The predicted molar refractivity (Wildman–Crippen MR) is 112 cm³/mol. The lowest BCUT2D eigenvalue weighted by Crippen LogP contribution is -2.41. The molecule has 30 heavy (non-hydrogen) atoms. The summed E-state index contributed by atoms with van der Waals surface area (Å²) < 4.78 is 17.4. The lowest BCUT2D eigenvalue weighted by Gasteiger charge is -2.18. The van der Waals surface area contributed by atoms with E-state index in [0.29, 0.717) is 19.8 Å². The van der Waals surface area contributed by atoms with Crippen molar-refractivity contribution in [3.05, 3.63) is 72.6 Å². The van der Waals surface area contributed by atoms with Gasteiger partial charge < -0.3 is 19.5 Å². The zero-order valence-electron chi connectivity index (χ0n) is 16.4. The first kappa shape index (κ1) is 19.0. The number of nitrogens with one attached hydrogen (secondary N) is 2. The topological polar surface area (TPSA) is 81.7 Å². The molecule has 7 nitrogen and oxygen atoms in total. The van der Waals surface area contributed by atoms with Gasteiger partial charge in [0.05, 0.1) is 30.6 Å². The van der Waals surface area contributed by atoms with Gasteiger partial charge in [0.25, 0.3) is 0 Å². The molecule has 2 aromatic carbocycles. The Kier molecular flexibility index (Phi) is 5.31. The second-order valence-corrected chi connectivity index (χ2v) is 7.50. The van der Waals surface area contributed by atoms with Gasteiger partial charge in [0, 0.05) is 18.1 Å². The van der Waals surface area contributed by atoms with E-state index >= 15 is 0 Å². The van der Waals surface area contributed by atoms with E-state index in [1.807, 2.05) is 60.7 Å². The van der Waals surface area contributed by atoms with Crippen LogP contribution in [0.15, 0.2) is 66.9 Å². The van der Waals surface area contributed by atoms with Crippen LogP contribution in [-0.4, -0.2) is 48.6 Å². The molecule has 2 saturated heterocycles. The third-order valence-electron chi connectivity index (χ3n) is 5.56. The van der Waals surface area contributed by atoms with Crippen LogP contribution >= 0.6 is 0 Å². The summed E-state index contributed by atoms with van der Waals surface area (Å²) in [5.74, 6) is 0. The van der Waals surface area contributed by atoms with Crippen LogP contribution < -0.4 is 10.6 Å². The number of hydrogen-bond acceptors (Lipinski definition) is 6. The van der Waals surface area contributed by atoms with Crippen molar-refractivity contribution >= 4 is 22.6 Å². The fourth-order valence-electron chi connectivity index (χ4n) is 4.09. The van der Waals surface area contributed by atoms with E-state index in [1.165, 1.54) is 0 Å². The molecule has 0 spiro atoms. The highest BCUT2D eigenvalue weighted by Crippen LogP contribution is 2.30. The molecule has 4 atom stereocenters. The number of amides is 1. The Hall–Kier alpha value is -3.00. The number of rotatable bonds is 5. The van der Waals surface area contributed by atoms with Crippen LogP contribution in [0.2, 0.25) is 0 Å². The van der Waals surface area contributed by atoms with Gasteiger partial charge in [-0.1, -0.05) is 42.5 Å². The van der Waals surface area contributed by atoms with Crippen LogP contribution in [0.25, 0.3) is 10.8 Å². The normalized spacial score (nSPS) is 25.2. The summed E-state index contributed by atoms with van der Waals surface area (Å²) in [6.45, 7) is 1.46. The van der Waals surface area contributed by atoms with E-state index in [9.17, 15) is 4.79 Å². The average molecular weight is 405 g/mol. The molecule has 2 aliphatic heterocycles. The molecule has 0 radical (unpaired) electrons. The molecule has 0 bridgehead atoms. The van der Waals surface area contributed by atoms with Crippen molar-refractivity contribution in [1.82, 2.24) is 10.3 Å². The number of anilines is 1. The highest BCUT2D eigenvalue weighted by molar-refractivity contribution is 6.00. The van der Waals surface area contributed by atoms with Crippen LogP contribution in [0.3, 0.4) is 0 Å². The number of nitrogens with zero attached hydrogens (tertiary/aromatic N) is 1. The summed E-state index contributed by atoms with van der Waals surface area (Å²) in [5, 5.41) is 8.31. The highest BCUT2D eigenvalue weighted by Gasteiger charge is 2.49. The first-order valence-corrected chi connectivity index (χ1v) is 10.1. The van der Waals surface area contributed by atoms with Gasteiger partial charge in [-0.05, 0) is 23.6 Å². The van der Waals surface area contributed by atoms with Crippen molar-refractivity contribution in [2.45, 2.75) is 30.9 Å². The molecule has 1 amide bonds. The van der Waals surface area contributed by atoms with Gasteiger partial charge in [-0.15, -0.1) is 0 Å². The second-order valence-electron chi connectivity index (χ2n) is 7.50. The largest absolute Gasteiger partial charge is 0.441 e. The quantitative estimate of drug-likeness (QED) is 0.679. The van der Waals surface area contributed by atoms with Crippen molar-refractivity contribution in [3.63, 3.8) is 0 Å². The minimum atomic E-state index is -0.505. The van der Waals surface area contributed by atoms with Gasteiger partial charge >= 0.3 is 6.09 Å². The minimum Gasteiger partial charge on any atom is -0.441 e. The first-order valence-electron chi connectivity index (χ1n) is 10.1. The monoisotopic (exact) mass is 405 g/mol. The molecule has 0 unspecified atom stereocenters. The van der Waals surface area contributed by atoms with Crippen LogP contribution in [0, 0.1) is 0 Å². The zero-order chi connectivity index (χ0) is 20.3. The van der Waals surface area contributed by atoms with E-state index in [4.69, 9.17) is 14.2 Å². The number of ether oxygens (including phenoxy) is 3. The van der Waals surface area contributed by atoms with Crippen molar-refractivity contribution in [2.75, 3.05) is 18.5 Å². The van der Waals surface area contributed by atoms with E-state index in [-0.39, 0.29) is 18.2 Å². The smallest absolute Gasteiger partial charge is 0.412 e. The number of hydrogen-bond donors (Lipinski definition) is 2. The first-order chi connectivity index (χ1) is 14.8. The fraction of sp³-hybridized carbons (Fsp3) is 0.304. The van der Waals surface area contributed by atoms with Crippen LogP contribution in [0.5, 0.6) is 0 Å². The lowest BCUT2D eigenvalue weighted by molar-refractivity contribution is 0.00855. The lowest BCUT2D eigenvalue weighted by atomic mass is 10.1. The number of carbonyl (C=O) groups is 1. The van der Waals surface area contributed by atoms with E-state index in [0.717, 1.165) is 22.2 Å². The van der Waals surface area contributed by atoms with Crippen molar-refractivity contribution in [3.8, 4) is 0 Å². The van der Waals surface area contributed by atoms with Crippen LogP contribution in [-0.2, 0) is 20.8 Å². The fourth-order valence-corrected chi connectivity index (χ4v) is 4.09. The Morgan fingerprint density at radius 2 is 1.83 bits per heavy atom. The summed E-state index contributed by atoms with van der Waals surface area (Å²) in [6, 6.07) is 19.5. The molecule has 154 valence electrons. The molecule has 2 N–H and O–H groups in total. The zero-order valence-corrected chi connectivity index (χ0v) is 16.4. The third kappa shape index (κ3) is 3.87. The molecule has 0 aliphatic carbocycles. The molecule has 2 fully saturated rings. The van der Waals surface area contributed by atoms with E-state index < -0.39 is 12.2 Å². The van der Waals surface area contributed by atoms with E-state index in [2.05, 4.69) is 15.6 Å². The standard InChI is InChI=1S/C23H23N3O4/c27-23(26-18-10-5-7-15-6-1-2-9-17(15)18)30-20-14-29-21-19(13-28-22(20)21)25-12-16-8-3-4-11-24-16/h1-11,19-22,25H,12-14H2,(H,26,27)/t19-,20+,21+,22+/m0/s1. The highest BCUT2D eigenvalue weighted by atomic mass is 16.6. The number of aromatic nitrogens is 1. The Morgan fingerprint density at radius 1 is 1.00 bits per heavy atom. The van der Waals surface area contributed by atoms with Crippen LogP contribution in [0.1, 0.15) is 5.69 Å². The molecule has 1 aromatic heterocycles. The third-order valence-corrected chi connectivity index (χ3v) is 5.56. The van der Waals surface area contributed by atoms with Crippen molar-refractivity contribution < 1.29 is 19.0 Å². The maximum atomic E-state index is 12.5. The van der Waals surface area contributed by atoms with E-state index in [1.54, 1.807) is 6.20 Å². The summed E-state index contributed by atoms with van der Waals surface area (Å²) in [4.78, 5) is 16.8. The van der Waals surface area contributed by atoms with Crippen molar-refractivity contribution in [1.29, 1.82) is 0 Å². The summed E-state index contributed by atoms with van der Waals surface area (Å²) in [6.07, 6.45) is 0.407. The summed E-state index contributed by atoms with van der Waals surface area (Å²) >= 11 is 0. The Morgan fingerprint density at radius 3 is 2.73 bits per heavy atom. The van der Waals surface area contributed by atoms with Crippen LogP contribution in [0.4, 0.5) is 10.5 Å². The Balaban J connectivity index is 1.18. The summed E-state index contributed by atoms with van der Waals surface area (Å²) in [5.41, 5.74) is 1.68. The number of carbonyl (C=O) groups excluding carboxylic acids is 1. The SMILES string of the molecule is O=C(Nc1cccc2ccccc12)O[C@@H]1CO[C@H]2[C@@H]1OC[C@@H]2NCc1ccccn1. The molecule has 0 saturated carbocycles. The maximum Gasteiger partial charge on any atom is 0.412 e. The number of pyridine rings is 1. The molecule has 7 heteroatoms. The second kappa shape index (κ2) is 8.39. The van der Waals surface area contributed by atoms with Gasteiger partial charge in [0.1, 0.15) is 12.2 Å². The molecular formula is C23H23N3O4. The Bertz CT molecular complexity index is 1020. The number of benzene rings is 2. The van der Waals surface area contributed by atoms with Crippen molar-refractivity contribution in [2.24, 2.45) is 0 Å². The molecule has 3 aromatic rings. The molecule has 5 rings (SSSR count). The minimum absolute atomic E-state index is 0.0340. The maximum absolute atomic E-state index is 12.5. The van der Waals surface area contributed by atoms with Gasteiger partial charge in [-0.3, -0.25) is 10.3 Å². The van der Waals surface area contributed by atoms with Gasteiger partial charge in [0.2, 0.25) is 0 Å². The number of fused-ring (bicyclic) bond motifs is 2. The van der Waals surface area contributed by atoms with Gasteiger partial charge in [-0.25, -0.2) is 4.79 Å². The Labute approximate surface area is 174 Å². The predicted octanol–water partition coefficient (Wildman–Crippen LogP) is 3.11. The summed E-state index contributed by atoms with van der Waals surface area (Å²) in [7, 11) is 0. The van der Waals surface area contributed by atoms with Gasteiger partial charge in [0.15, 0.2) is 6.10 Å². The van der Waals surface area contributed by atoms with Gasteiger partial charge in [-0.2, -0.15) is 0 Å². The molecule has 2 aliphatic rings. The molecular weight excluding hydrogens is 382 g/mol.